The van der Waals surface area contributed by atoms with Crippen molar-refractivity contribution in [1.82, 2.24) is 4.57 Å². The van der Waals surface area contributed by atoms with Crippen molar-refractivity contribution < 1.29 is 9.90 Å². The van der Waals surface area contributed by atoms with Crippen LogP contribution >= 0.6 is 0 Å². The highest BCUT2D eigenvalue weighted by molar-refractivity contribution is 5.95. The molecule has 0 saturated heterocycles. The molecule has 0 spiro atoms. The van der Waals surface area contributed by atoms with Crippen molar-refractivity contribution in [1.29, 1.82) is 0 Å². The predicted octanol–water partition coefficient (Wildman–Crippen LogP) is 1.47. The van der Waals surface area contributed by atoms with Gasteiger partial charge in [-0.25, -0.2) is 0 Å². The minimum absolute atomic E-state index is 0.142. The molecule has 0 amide bonds. The van der Waals surface area contributed by atoms with Crippen molar-refractivity contribution in [2.75, 3.05) is 0 Å². The Hall–Kier alpha value is -2.10. The molecule has 1 aliphatic rings. The van der Waals surface area contributed by atoms with Gasteiger partial charge in [0.15, 0.2) is 6.29 Å². The zero-order valence-corrected chi connectivity index (χ0v) is 9.14. The molecule has 0 atom stereocenters. The summed E-state index contributed by atoms with van der Waals surface area (Å²) in [6.07, 6.45) is 2.22. The number of aromatic nitrogens is 1. The van der Waals surface area contributed by atoms with Crippen LogP contribution in [-0.4, -0.2) is 16.0 Å². The summed E-state index contributed by atoms with van der Waals surface area (Å²) in [5.74, 6) is -0.194. The highest BCUT2D eigenvalue weighted by Crippen LogP contribution is 2.30. The van der Waals surface area contributed by atoms with Crippen LogP contribution in [0.5, 0.6) is 5.75 Å². The molecule has 0 saturated carbocycles. The molecule has 1 aromatic carbocycles. The van der Waals surface area contributed by atoms with Gasteiger partial charge in [-0.15, -0.1) is 0 Å². The van der Waals surface area contributed by atoms with Crippen molar-refractivity contribution in [3.05, 3.63) is 39.7 Å². The van der Waals surface area contributed by atoms with Crippen LogP contribution < -0.4 is 5.56 Å². The van der Waals surface area contributed by atoms with Gasteiger partial charge in [0.2, 0.25) is 0 Å². The first-order chi connectivity index (χ1) is 8.24. The van der Waals surface area contributed by atoms with Crippen molar-refractivity contribution in [2.45, 2.75) is 19.4 Å². The van der Waals surface area contributed by atoms with Gasteiger partial charge in [0.1, 0.15) is 11.3 Å². The summed E-state index contributed by atoms with van der Waals surface area (Å²) >= 11 is 0. The summed E-state index contributed by atoms with van der Waals surface area (Å²) < 4.78 is 1.59. The lowest BCUT2D eigenvalue weighted by molar-refractivity contribution is 0.111. The number of rotatable bonds is 1. The minimum atomic E-state index is -0.392. The second-order valence-electron chi connectivity index (χ2n) is 4.25. The van der Waals surface area contributed by atoms with Crippen LogP contribution in [0.15, 0.2) is 23.0 Å². The van der Waals surface area contributed by atoms with Gasteiger partial charge in [0, 0.05) is 11.9 Å². The number of hydrogen-bond acceptors (Lipinski definition) is 3. The maximum Gasteiger partial charge on any atom is 0.265 e. The average molecular weight is 229 g/mol. The van der Waals surface area contributed by atoms with E-state index in [0.717, 1.165) is 23.9 Å². The van der Waals surface area contributed by atoms with Crippen molar-refractivity contribution >= 4 is 17.2 Å². The maximum absolute atomic E-state index is 12.0. The lowest BCUT2D eigenvalue weighted by atomic mass is 9.99. The molecule has 86 valence electrons. The fraction of sp³-hybridized carbons (Fsp3) is 0.231. The fourth-order valence-electron chi connectivity index (χ4n) is 2.54. The summed E-state index contributed by atoms with van der Waals surface area (Å²) in [6, 6.07) is 5.53. The van der Waals surface area contributed by atoms with Crippen molar-refractivity contribution in [3.8, 4) is 5.75 Å². The molecule has 4 nitrogen and oxygen atoms in total. The zero-order chi connectivity index (χ0) is 12.0. The molecular weight excluding hydrogens is 218 g/mol. The van der Waals surface area contributed by atoms with E-state index in [1.54, 1.807) is 10.6 Å². The predicted molar refractivity (Wildman–Crippen MR) is 63.6 cm³/mol. The summed E-state index contributed by atoms with van der Waals surface area (Å²) in [5.41, 5.74) is 1.29. The Morgan fingerprint density at radius 2 is 2.18 bits per heavy atom. The van der Waals surface area contributed by atoms with E-state index in [1.807, 2.05) is 12.1 Å². The monoisotopic (exact) mass is 229 g/mol. The number of nitrogens with zero attached hydrogens (tertiary/aromatic N) is 1. The van der Waals surface area contributed by atoms with E-state index in [9.17, 15) is 14.7 Å². The van der Waals surface area contributed by atoms with Crippen molar-refractivity contribution in [2.24, 2.45) is 0 Å². The van der Waals surface area contributed by atoms with E-state index in [4.69, 9.17) is 0 Å². The maximum atomic E-state index is 12.0. The first-order valence-electron chi connectivity index (χ1n) is 5.56. The number of aldehydes is 1. The molecule has 1 aliphatic heterocycles. The first kappa shape index (κ1) is 10.1. The summed E-state index contributed by atoms with van der Waals surface area (Å²) in [6.45, 7) is 0.605. The average Bonchev–Trinajstić information content (AvgIpc) is 2.36. The Labute approximate surface area is 97.1 Å². The van der Waals surface area contributed by atoms with Gasteiger partial charge in [-0.05, 0) is 24.5 Å². The van der Waals surface area contributed by atoms with Crippen LogP contribution in [0.25, 0.3) is 10.9 Å². The zero-order valence-electron chi connectivity index (χ0n) is 9.14. The second kappa shape index (κ2) is 3.45. The molecule has 0 fully saturated rings. The quantitative estimate of drug-likeness (QED) is 0.753. The van der Waals surface area contributed by atoms with Gasteiger partial charge in [0.05, 0.1) is 5.52 Å². The number of aromatic hydroxyl groups is 1. The normalized spacial score (nSPS) is 13.9. The smallest absolute Gasteiger partial charge is 0.265 e. The van der Waals surface area contributed by atoms with Gasteiger partial charge >= 0.3 is 0 Å². The Balaban J connectivity index is 2.61. The first-order valence-corrected chi connectivity index (χ1v) is 5.56. The van der Waals surface area contributed by atoms with Crippen LogP contribution in [0.2, 0.25) is 0 Å². The highest BCUT2D eigenvalue weighted by atomic mass is 16.3. The number of aryl methyl sites for hydroxylation is 2. The van der Waals surface area contributed by atoms with Gasteiger partial charge in [0.25, 0.3) is 5.56 Å². The third kappa shape index (κ3) is 1.24. The molecule has 1 N–H and O–H groups in total. The van der Waals surface area contributed by atoms with E-state index in [-0.39, 0.29) is 11.3 Å². The molecule has 0 radical (unpaired) electrons. The molecule has 0 bridgehead atoms. The number of pyridine rings is 1. The van der Waals surface area contributed by atoms with E-state index in [0.29, 0.717) is 18.2 Å². The summed E-state index contributed by atoms with van der Waals surface area (Å²) in [7, 11) is 0. The standard InChI is InChI=1S/C13H11NO3/c15-7-10-12(16)9-5-1-3-8-4-2-6-14(11(8)9)13(10)17/h1,3,5,7,16H,2,4,6H2. The Morgan fingerprint density at radius 3 is 2.94 bits per heavy atom. The molecule has 0 unspecified atom stereocenters. The third-order valence-corrected chi connectivity index (χ3v) is 3.32. The SMILES string of the molecule is O=Cc1c(O)c2cccc3c2n(c1=O)CCC3. The Bertz CT molecular complexity index is 685. The lowest BCUT2D eigenvalue weighted by Crippen LogP contribution is -2.27. The van der Waals surface area contributed by atoms with Gasteiger partial charge in [-0.1, -0.05) is 12.1 Å². The number of hydrogen-bond donors (Lipinski definition) is 1. The van der Waals surface area contributed by atoms with Gasteiger partial charge in [-0.2, -0.15) is 0 Å². The Morgan fingerprint density at radius 1 is 1.35 bits per heavy atom. The summed E-state index contributed by atoms with van der Waals surface area (Å²) in [4.78, 5) is 22.9. The van der Waals surface area contributed by atoms with Crippen LogP contribution in [0.1, 0.15) is 22.3 Å². The van der Waals surface area contributed by atoms with E-state index in [2.05, 4.69) is 0 Å². The number of carbonyl (C=O) groups is 1. The van der Waals surface area contributed by atoms with E-state index >= 15 is 0 Å². The molecule has 4 heteroatoms. The van der Waals surface area contributed by atoms with Crippen molar-refractivity contribution in [3.63, 3.8) is 0 Å². The highest BCUT2D eigenvalue weighted by Gasteiger charge is 2.20. The molecule has 3 rings (SSSR count). The van der Waals surface area contributed by atoms with E-state index in [1.165, 1.54) is 0 Å². The van der Waals surface area contributed by atoms with Crippen LogP contribution in [-0.2, 0) is 13.0 Å². The molecular formula is C13H11NO3. The Kier molecular flexibility index (Phi) is 2.04. The molecule has 17 heavy (non-hydrogen) atoms. The molecule has 1 aromatic heterocycles. The van der Waals surface area contributed by atoms with Crippen LogP contribution in [0.3, 0.4) is 0 Å². The molecule has 0 aliphatic carbocycles. The number of para-hydroxylation sites is 1. The van der Waals surface area contributed by atoms with Gasteiger partial charge < -0.3 is 9.67 Å². The lowest BCUT2D eigenvalue weighted by Gasteiger charge is -2.20. The second-order valence-corrected chi connectivity index (χ2v) is 4.25. The minimum Gasteiger partial charge on any atom is -0.506 e. The summed E-state index contributed by atoms with van der Waals surface area (Å²) in [5, 5.41) is 10.5. The van der Waals surface area contributed by atoms with Gasteiger partial charge in [-0.3, -0.25) is 9.59 Å². The number of carbonyl (C=O) groups excluding carboxylic acids is 1. The number of benzene rings is 1. The molecule has 2 heterocycles. The third-order valence-electron chi connectivity index (χ3n) is 3.32. The van der Waals surface area contributed by atoms with Crippen LogP contribution in [0, 0.1) is 0 Å². The largest absolute Gasteiger partial charge is 0.506 e. The van der Waals surface area contributed by atoms with E-state index < -0.39 is 5.56 Å². The van der Waals surface area contributed by atoms with Crippen LogP contribution in [0.4, 0.5) is 0 Å². The fourth-order valence-corrected chi connectivity index (χ4v) is 2.54. The molecule has 2 aromatic rings. The topological polar surface area (TPSA) is 59.3 Å².